The van der Waals surface area contributed by atoms with Crippen molar-refractivity contribution in [3.63, 3.8) is 0 Å². The summed E-state index contributed by atoms with van der Waals surface area (Å²) in [4.78, 5) is 12.6. The molecule has 0 radical (unpaired) electrons. The van der Waals surface area contributed by atoms with E-state index in [2.05, 4.69) is 36.5 Å². The Bertz CT molecular complexity index is 567. The van der Waals surface area contributed by atoms with E-state index in [0.29, 0.717) is 6.54 Å². The van der Waals surface area contributed by atoms with Crippen LogP contribution < -0.4 is 11.1 Å². The standard InChI is InChI=1S/C20H30N2O2/c1-15-5-2-3-8-18(15)20(9-11-24-12-10-20)14-22-19(23)16-6-4-7-17(21)13-16/h2-3,5,8,16-17H,4,6-7,9-14,21H2,1H3,(H,22,23). The van der Waals surface area contributed by atoms with Crippen LogP contribution in [-0.2, 0) is 14.9 Å². The molecule has 1 aliphatic heterocycles. The van der Waals surface area contributed by atoms with Crippen molar-refractivity contribution in [2.24, 2.45) is 11.7 Å². The summed E-state index contributed by atoms with van der Waals surface area (Å²) in [7, 11) is 0. The summed E-state index contributed by atoms with van der Waals surface area (Å²) in [5.41, 5.74) is 8.69. The van der Waals surface area contributed by atoms with Gasteiger partial charge in [0.2, 0.25) is 5.91 Å². The van der Waals surface area contributed by atoms with E-state index in [9.17, 15) is 4.79 Å². The summed E-state index contributed by atoms with van der Waals surface area (Å²) in [5, 5.41) is 3.26. The summed E-state index contributed by atoms with van der Waals surface area (Å²) in [5.74, 6) is 0.270. The van der Waals surface area contributed by atoms with Gasteiger partial charge in [-0.3, -0.25) is 4.79 Å². The fraction of sp³-hybridized carbons (Fsp3) is 0.650. The van der Waals surface area contributed by atoms with Gasteiger partial charge in [0, 0.05) is 37.1 Å². The van der Waals surface area contributed by atoms with Crippen LogP contribution in [0.15, 0.2) is 24.3 Å². The smallest absolute Gasteiger partial charge is 0.223 e. The predicted octanol–water partition coefficient (Wildman–Crippen LogP) is 2.68. The summed E-state index contributed by atoms with van der Waals surface area (Å²) < 4.78 is 5.59. The molecule has 2 atom stereocenters. The Morgan fingerprint density at radius 1 is 1.29 bits per heavy atom. The maximum absolute atomic E-state index is 12.6. The molecule has 3 rings (SSSR count). The Kier molecular flexibility index (Phi) is 5.57. The van der Waals surface area contributed by atoms with E-state index in [1.807, 2.05) is 0 Å². The van der Waals surface area contributed by atoms with Crippen LogP contribution in [0.3, 0.4) is 0 Å². The molecule has 1 saturated carbocycles. The van der Waals surface area contributed by atoms with Crippen molar-refractivity contribution in [3.8, 4) is 0 Å². The average molecular weight is 330 g/mol. The summed E-state index contributed by atoms with van der Waals surface area (Å²) in [6, 6.07) is 8.73. The van der Waals surface area contributed by atoms with Crippen LogP contribution in [-0.4, -0.2) is 31.7 Å². The second kappa shape index (κ2) is 7.66. The van der Waals surface area contributed by atoms with Crippen LogP contribution >= 0.6 is 0 Å². The maximum Gasteiger partial charge on any atom is 0.223 e. The Balaban J connectivity index is 1.71. The lowest BCUT2D eigenvalue weighted by Gasteiger charge is -2.39. The molecule has 132 valence electrons. The molecule has 24 heavy (non-hydrogen) atoms. The second-order valence-electron chi connectivity index (χ2n) is 7.55. The van der Waals surface area contributed by atoms with Crippen molar-refractivity contribution in [1.82, 2.24) is 5.32 Å². The first kappa shape index (κ1) is 17.4. The summed E-state index contributed by atoms with van der Waals surface area (Å²) >= 11 is 0. The number of amides is 1. The van der Waals surface area contributed by atoms with Crippen molar-refractivity contribution in [2.75, 3.05) is 19.8 Å². The van der Waals surface area contributed by atoms with Gasteiger partial charge in [0.05, 0.1) is 0 Å². The van der Waals surface area contributed by atoms with E-state index in [1.165, 1.54) is 11.1 Å². The molecule has 3 N–H and O–H groups in total. The van der Waals surface area contributed by atoms with E-state index in [-0.39, 0.29) is 23.3 Å². The third-order valence-corrected chi connectivity index (χ3v) is 5.85. The first-order valence-electron chi connectivity index (χ1n) is 9.28. The third-order valence-electron chi connectivity index (χ3n) is 5.85. The highest BCUT2D eigenvalue weighted by molar-refractivity contribution is 5.79. The molecule has 1 aromatic carbocycles. The van der Waals surface area contributed by atoms with Crippen molar-refractivity contribution in [3.05, 3.63) is 35.4 Å². The van der Waals surface area contributed by atoms with Gasteiger partial charge in [-0.1, -0.05) is 30.7 Å². The maximum atomic E-state index is 12.6. The molecular weight excluding hydrogens is 300 g/mol. The van der Waals surface area contributed by atoms with E-state index < -0.39 is 0 Å². The highest BCUT2D eigenvalue weighted by atomic mass is 16.5. The number of carbonyl (C=O) groups excluding carboxylic acids is 1. The first-order chi connectivity index (χ1) is 11.6. The van der Waals surface area contributed by atoms with Gasteiger partial charge in [0.25, 0.3) is 0 Å². The molecule has 1 amide bonds. The Hall–Kier alpha value is -1.39. The Morgan fingerprint density at radius 3 is 2.75 bits per heavy atom. The zero-order valence-corrected chi connectivity index (χ0v) is 14.7. The van der Waals surface area contributed by atoms with E-state index in [0.717, 1.165) is 51.7 Å². The normalized spacial score (nSPS) is 26.8. The second-order valence-corrected chi connectivity index (χ2v) is 7.55. The largest absolute Gasteiger partial charge is 0.381 e. The average Bonchev–Trinajstić information content (AvgIpc) is 2.61. The van der Waals surface area contributed by atoms with Crippen molar-refractivity contribution in [2.45, 2.75) is 56.9 Å². The minimum Gasteiger partial charge on any atom is -0.381 e. The Labute approximate surface area is 145 Å². The van der Waals surface area contributed by atoms with Crippen molar-refractivity contribution >= 4 is 5.91 Å². The number of aryl methyl sites for hydroxylation is 1. The zero-order valence-electron chi connectivity index (χ0n) is 14.7. The van der Waals surface area contributed by atoms with Crippen LogP contribution in [0.5, 0.6) is 0 Å². The lowest BCUT2D eigenvalue weighted by molar-refractivity contribution is -0.126. The van der Waals surface area contributed by atoms with Crippen molar-refractivity contribution in [1.29, 1.82) is 0 Å². The number of rotatable bonds is 4. The van der Waals surface area contributed by atoms with Crippen LogP contribution in [0.4, 0.5) is 0 Å². The van der Waals surface area contributed by atoms with Gasteiger partial charge >= 0.3 is 0 Å². The molecule has 2 fully saturated rings. The molecule has 1 saturated heterocycles. The monoisotopic (exact) mass is 330 g/mol. The Morgan fingerprint density at radius 2 is 2.04 bits per heavy atom. The highest BCUT2D eigenvalue weighted by Crippen LogP contribution is 2.36. The number of benzene rings is 1. The number of hydrogen-bond donors (Lipinski definition) is 2. The summed E-state index contributed by atoms with van der Waals surface area (Å²) in [6.07, 6.45) is 5.83. The van der Waals surface area contributed by atoms with Gasteiger partial charge in [0.15, 0.2) is 0 Å². The van der Waals surface area contributed by atoms with Crippen LogP contribution in [0.2, 0.25) is 0 Å². The number of carbonyl (C=O) groups is 1. The van der Waals surface area contributed by atoms with Gasteiger partial charge in [-0.15, -0.1) is 0 Å². The van der Waals surface area contributed by atoms with Gasteiger partial charge < -0.3 is 15.8 Å². The lowest BCUT2D eigenvalue weighted by Crippen LogP contribution is -2.47. The molecule has 2 unspecified atom stereocenters. The number of ether oxygens (including phenoxy) is 1. The molecule has 0 spiro atoms. The molecule has 0 bridgehead atoms. The van der Waals surface area contributed by atoms with Crippen LogP contribution in [0.25, 0.3) is 0 Å². The molecule has 0 aromatic heterocycles. The van der Waals surface area contributed by atoms with Gasteiger partial charge in [-0.05, 0) is 50.2 Å². The number of nitrogens with one attached hydrogen (secondary N) is 1. The fourth-order valence-corrected chi connectivity index (χ4v) is 4.34. The SMILES string of the molecule is Cc1ccccc1C1(CNC(=O)C2CCCC(N)C2)CCOCC1. The minimum absolute atomic E-state index is 0.00393. The lowest BCUT2D eigenvalue weighted by atomic mass is 9.72. The quantitative estimate of drug-likeness (QED) is 0.892. The van der Waals surface area contributed by atoms with E-state index >= 15 is 0 Å². The van der Waals surface area contributed by atoms with E-state index in [4.69, 9.17) is 10.5 Å². The molecule has 4 heteroatoms. The molecule has 1 aliphatic carbocycles. The third kappa shape index (κ3) is 3.81. The number of nitrogens with two attached hydrogens (primary N) is 1. The first-order valence-corrected chi connectivity index (χ1v) is 9.28. The van der Waals surface area contributed by atoms with Crippen LogP contribution in [0, 0.1) is 12.8 Å². The van der Waals surface area contributed by atoms with Crippen molar-refractivity contribution < 1.29 is 9.53 Å². The minimum atomic E-state index is -0.00393. The van der Waals surface area contributed by atoms with Crippen LogP contribution in [0.1, 0.15) is 49.7 Å². The molecule has 1 heterocycles. The predicted molar refractivity (Wildman–Crippen MR) is 95.9 cm³/mol. The topological polar surface area (TPSA) is 64.4 Å². The van der Waals surface area contributed by atoms with Gasteiger partial charge in [-0.25, -0.2) is 0 Å². The van der Waals surface area contributed by atoms with E-state index in [1.54, 1.807) is 0 Å². The van der Waals surface area contributed by atoms with Gasteiger partial charge in [0.1, 0.15) is 0 Å². The van der Waals surface area contributed by atoms with Gasteiger partial charge in [-0.2, -0.15) is 0 Å². The summed E-state index contributed by atoms with van der Waals surface area (Å²) in [6.45, 7) is 4.39. The zero-order chi connectivity index (χ0) is 17.0. The molecule has 2 aliphatic rings. The molecule has 4 nitrogen and oxygen atoms in total. The number of hydrogen-bond acceptors (Lipinski definition) is 3. The fourth-order valence-electron chi connectivity index (χ4n) is 4.34. The molecular formula is C20H30N2O2. The molecule has 1 aromatic rings. The highest BCUT2D eigenvalue weighted by Gasteiger charge is 2.36.